The molecule has 1 N–H and O–H groups in total. The topological polar surface area (TPSA) is 47.0 Å². The second kappa shape index (κ2) is 6.06. The lowest BCUT2D eigenvalue weighted by atomic mass is 9.88. The van der Waals surface area contributed by atoms with Gasteiger partial charge in [-0.15, -0.1) is 11.3 Å². The molecular formula is C15H21N3OS. The van der Waals surface area contributed by atoms with Gasteiger partial charge in [-0.1, -0.05) is 19.8 Å². The van der Waals surface area contributed by atoms with Crippen molar-refractivity contribution >= 4 is 27.4 Å². The van der Waals surface area contributed by atoms with Crippen molar-refractivity contribution < 1.29 is 4.74 Å². The third-order valence-electron chi connectivity index (χ3n) is 4.07. The molecule has 2 aromatic rings. The van der Waals surface area contributed by atoms with Crippen LogP contribution in [-0.4, -0.2) is 23.1 Å². The quantitative estimate of drug-likeness (QED) is 0.930. The molecule has 20 heavy (non-hydrogen) atoms. The molecule has 0 radical (unpaired) electrons. The number of ether oxygens (including phenoxy) is 1. The fourth-order valence-corrected chi connectivity index (χ4v) is 3.65. The molecule has 0 spiro atoms. The van der Waals surface area contributed by atoms with Crippen LogP contribution in [0.25, 0.3) is 10.2 Å². The molecule has 2 heterocycles. The van der Waals surface area contributed by atoms with Crippen molar-refractivity contribution in [1.82, 2.24) is 9.97 Å². The van der Waals surface area contributed by atoms with Crippen LogP contribution in [-0.2, 0) is 11.3 Å². The minimum atomic E-state index is 0.365. The monoisotopic (exact) mass is 291 g/mol. The lowest BCUT2D eigenvalue weighted by Crippen LogP contribution is -2.25. The first kappa shape index (κ1) is 13.8. The summed E-state index contributed by atoms with van der Waals surface area (Å²) in [6.07, 6.45) is 5.42. The van der Waals surface area contributed by atoms with Crippen LogP contribution < -0.4 is 5.32 Å². The van der Waals surface area contributed by atoms with Crippen molar-refractivity contribution in [1.29, 1.82) is 0 Å². The van der Waals surface area contributed by atoms with Gasteiger partial charge < -0.3 is 10.1 Å². The number of nitrogens with one attached hydrogen (secondary N) is 1. The van der Waals surface area contributed by atoms with E-state index >= 15 is 0 Å². The van der Waals surface area contributed by atoms with Crippen LogP contribution in [0.4, 0.5) is 5.82 Å². The van der Waals surface area contributed by atoms with Crippen molar-refractivity contribution in [2.45, 2.75) is 45.3 Å². The van der Waals surface area contributed by atoms with Crippen LogP contribution >= 0.6 is 11.3 Å². The third-order valence-corrected chi connectivity index (χ3v) is 4.87. The number of nitrogens with zero attached hydrogens (tertiary/aromatic N) is 2. The molecule has 108 valence electrons. The molecule has 0 amide bonds. The van der Waals surface area contributed by atoms with Crippen molar-refractivity contribution in [3.8, 4) is 0 Å². The largest absolute Gasteiger partial charge is 0.372 e. The van der Waals surface area contributed by atoms with Crippen LogP contribution in [0, 0.1) is 5.92 Å². The summed E-state index contributed by atoms with van der Waals surface area (Å²) in [5.74, 6) is 2.33. The zero-order valence-electron chi connectivity index (χ0n) is 12.1. The van der Waals surface area contributed by atoms with Gasteiger partial charge in [0.2, 0.25) is 0 Å². The predicted octanol–water partition coefficient (Wildman–Crippen LogP) is 3.83. The highest BCUT2D eigenvalue weighted by molar-refractivity contribution is 7.16. The van der Waals surface area contributed by atoms with Gasteiger partial charge in [0.25, 0.3) is 0 Å². The Hall–Kier alpha value is -1.20. The van der Waals surface area contributed by atoms with Gasteiger partial charge in [0.15, 0.2) is 5.82 Å². The van der Waals surface area contributed by atoms with E-state index in [1.807, 2.05) is 12.4 Å². The minimum absolute atomic E-state index is 0.365. The van der Waals surface area contributed by atoms with E-state index < -0.39 is 0 Å². The van der Waals surface area contributed by atoms with Gasteiger partial charge in [0.05, 0.1) is 11.5 Å². The molecule has 2 unspecified atom stereocenters. The Morgan fingerprint density at radius 2 is 2.20 bits per heavy atom. The number of anilines is 1. The van der Waals surface area contributed by atoms with E-state index in [1.54, 1.807) is 11.3 Å². The number of thiophene rings is 1. The Balaban J connectivity index is 1.73. The van der Waals surface area contributed by atoms with Gasteiger partial charge in [-0.3, -0.25) is 0 Å². The summed E-state index contributed by atoms with van der Waals surface area (Å²) >= 11 is 1.65. The van der Waals surface area contributed by atoms with Crippen LogP contribution in [0.1, 0.15) is 38.4 Å². The summed E-state index contributed by atoms with van der Waals surface area (Å²) in [5.41, 5.74) is 0. The molecule has 5 heteroatoms. The zero-order chi connectivity index (χ0) is 13.9. The van der Waals surface area contributed by atoms with Gasteiger partial charge in [-0.25, -0.2) is 9.97 Å². The molecule has 3 rings (SSSR count). The smallest absolute Gasteiger partial charge is 0.158 e. The lowest BCUT2D eigenvalue weighted by Gasteiger charge is -2.28. The number of fused-ring (bicyclic) bond motifs is 1. The summed E-state index contributed by atoms with van der Waals surface area (Å²) in [7, 11) is 1.90. The summed E-state index contributed by atoms with van der Waals surface area (Å²) < 4.78 is 6.06. The number of rotatable bonds is 4. The van der Waals surface area contributed by atoms with Gasteiger partial charge >= 0.3 is 0 Å². The minimum Gasteiger partial charge on any atom is -0.372 e. The van der Waals surface area contributed by atoms with Gasteiger partial charge in [0.1, 0.15) is 17.3 Å². The van der Waals surface area contributed by atoms with Crippen LogP contribution in [0.3, 0.4) is 0 Å². The molecule has 4 nitrogen and oxygen atoms in total. The van der Waals surface area contributed by atoms with Crippen molar-refractivity contribution in [3.05, 3.63) is 17.3 Å². The Labute approximate surface area is 123 Å². The molecule has 0 aromatic carbocycles. The second-order valence-electron chi connectivity index (χ2n) is 5.49. The van der Waals surface area contributed by atoms with E-state index in [0.29, 0.717) is 18.6 Å². The Bertz CT molecular complexity index is 584. The first-order chi connectivity index (χ1) is 9.78. The molecule has 1 aliphatic rings. The summed E-state index contributed by atoms with van der Waals surface area (Å²) in [5, 5.41) is 6.28. The molecule has 2 atom stereocenters. The zero-order valence-corrected chi connectivity index (χ0v) is 12.9. The van der Waals surface area contributed by atoms with Gasteiger partial charge in [-0.05, 0) is 30.2 Å². The first-order valence-electron chi connectivity index (χ1n) is 7.31. The Morgan fingerprint density at radius 1 is 1.35 bits per heavy atom. The van der Waals surface area contributed by atoms with E-state index in [9.17, 15) is 0 Å². The SMILES string of the molecule is CNc1nc(COC2CCCCC2C)nc2sccc12. The average molecular weight is 291 g/mol. The highest BCUT2D eigenvalue weighted by Crippen LogP contribution is 2.28. The lowest BCUT2D eigenvalue weighted by molar-refractivity contribution is -0.0180. The number of aromatic nitrogens is 2. The fourth-order valence-electron chi connectivity index (χ4n) is 2.87. The number of hydrogen-bond donors (Lipinski definition) is 1. The molecule has 1 aliphatic carbocycles. The summed E-state index contributed by atoms with van der Waals surface area (Å²) in [6, 6.07) is 2.06. The maximum atomic E-state index is 6.06. The maximum absolute atomic E-state index is 6.06. The van der Waals surface area contributed by atoms with Crippen molar-refractivity contribution in [2.75, 3.05) is 12.4 Å². The molecule has 0 saturated heterocycles. The standard InChI is InChI=1S/C15H21N3OS/c1-10-5-3-4-6-12(10)19-9-13-17-14(16-2)11-7-8-20-15(11)18-13/h7-8,10,12H,3-6,9H2,1-2H3,(H,16,17,18). The second-order valence-corrected chi connectivity index (χ2v) is 6.38. The van der Waals surface area contributed by atoms with Crippen molar-refractivity contribution in [2.24, 2.45) is 5.92 Å². The molecular weight excluding hydrogens is 270 g/mol. The normalized spacial score (nSPS) is 23.1. The summed E-state index contributed by atoms with van der Waals surface area (Å²) in [6.45, 7) is 2.80. The van der Waals surface area contributed by atoms with Crippen LogP contribution in [0.5, 0.6) is 0 Å². The highest BCUT2D eigenvalue weighted by Gasteiger charge is 2.22. The van der Waals surface area contributed by atoms with Crippen LogP contribution in [0.2, 0.25) is 0 Å². The predicted molar refractivity (Wildman–Crippen MR) is 83.2 cm³/mol. The van der Waals surface area contributed by atoms with Gasteiger partial charge in [0, 0.05) is 7.05 Å². The van der Waals surface area contributed by atoms with E-state index in [4.69, 9.17) is 4.74 Å². The van der Waals surface area contributed by atoms with E-state index in [-0.39, 0.29) is 0 Å². The fraction of sp³-hybridized carbons (Fsp3) is 0.600. The molecule has 0 bridgehead atoms. The van der Waals surface area contributed by atoms with Crippen LogP contribution in [0.15, 0.2) is 11.4 Å². The molecule has 1 saturated carbocycles. The van der Waals surface area contributed by atoms with E-state index in [0.717, 1.165) is 21.9 Å². The molecule has 2 aromatic heterocycles. The average Bonchev–Trinajstić information content (AvgIpc) is 2.94. The first-order valence-corrected chi connectivity index (χ1v) is 8.19. The van der Waals surface area contributed by atoms with E-state index in [1.165, 1.54) is 25.7 Å². The van der Waals surface area contributed by atoms with Crippen molar-refractivity contribution in [3.63, 3.8) is 0 Å². The molecule has 1 fully saturated rings. The Kier molecular flexibility index (Phi) is 4.17. The Morgan fingerprint density at radius 3 is 3.00 bits per heavy atom. The third kappa shape index (κ3) is 2.79. The van der Waals surface area contributed by atoms with E-state index in [2.05, 4.69) is 28.3 Å². The maximum Gasteiger partial charge on any atom is 0.158 e. The van der Waals surface area contributed by atoms with Gasteiger partial charge in [-0.2, -0.15) is 0 Å². The molecule has 0 aliphatic heterocycles. The highest BCUT2D eigenvalue weighted by atomic mass is 32.1. The summed E-state index contributed by atoms with van der Waals surface area (Å²) in [4.78, 5) is 10.2. The number of hydrogen-bond acceptors (Lipinski definition) is 5.